The standard InChI is InChI=1S/C33H36O5Si/c1-33(2,3)39(29-15-8-6-9-16-29,30-17-10-7-11-18-30)38-23-25-13-12-14-28(21-25)37-24-27-22-26(32(34)36-5)19-20-31(27)35-4/h6-22H,23-24H2,1-5H3. The molecular weight excluding hydrogens is 504 g/mol. The van der Waals surface area contributed by atoms with Crippen molar-refractivity contribution >= 4 is 24.7 Å². The maximum atomic E-state index is 12.0. The first-order valence-corrected chi connectivity index (χ1v) is 14.9. The van der Waals surface area contributed by atoms with Gasteiger partial charge in [0.2, 0.25) is 0 Å². The SMILES string of the molecule is COC(=O)c1ccc(OC)c(COc2cccc(CO[Si](c3ccccc3)(c3ccccc3)C(C)(C)C)c2)c1. The minimum absolute atomic E-state index is 0.106. The van der Waals surface area contributed by atoms with E-state index in [9.17, 15) is 4.79 Å². The number of esters is 1. The van der Waals surface area contributed by atoms with E-state index in [0.717, 1.165) is 11.1 Å². The molecule has 0 aliphatic heterocycles. The lowest BCUT2D eigenvalue weighted by Crippen LogP contribution is -2.66. The molecule has 0 spiro atoms. The third kappa shape index (κ3) is 6.24. The molecule has 0 bridgehead atoms. The number of ether oxygens (including phenoxy) is 3. The fraction of sp³-hybridized carbons (Fsp3) is 0.242. The van der Waals surface area contributed by atoms with Crippen LogP contribution in [-0.2, 0) is 22.4 Å². The monoisotopic (exact) mass is 540 g/mol. The average molecular weight is 541 g/mol. The Morgan fingerprint density at radius 2 is 1.38 bits per heavy atom. The fourth-order valence-electron chi connectivity index (χ4n) is 4.98. The minimum Gasteiger partial charge on any atom is -0.496 e. The Kier molecular flexibility index (Phi) is 8.89. The van der Waals surface area contributed by atoms with E-state index in [2.05, 4.69) is 75.4 Å². The Bertz CT molecular complexity index is 1340. The summed E-state index contributed by atoms with van der Waals surface area (Å²) in [7, 11) is 0.306. The number of methoxy groups -OCH3 is 2. The first-order chi connectivity index (χ1) is 18.8. The molecule has 0 N–H and O–H groups in total. The first kappa shape index (κ1) is 28.1. The van der Waals surface area contributed by atoms with Crippen LogP contribution in [0.25, 0.3) is 0 Å². The molecule has 0 aliphatic rings. The Morgan fingerprint density at radius 1 is 0.744 bits per heavy atom. The predicted molar refractivity (Wildman–Crippen MR) is 158 cm³/mol. The van der Waals surface area contributed by atoms with Gasteiger partial charge in [-0.2, -0.15) is 0 Å². The number of hydrogen-bond acceptors (Lipinski definition) is 5. The third-order valence-electron chi connectivity index (χ3n) is 6.87. The molecule has 0 saturated carbocycles. The molecular formula is C33H36O5Si. The van der Waals surface area contributed by atoms with Gasteiger partial charge in [0.1, 0.15) is 18.1 Å². The Morgan fingerprint density at radius 3 is 1.95 bits per heavy atom. The minimum atomic E-state index is -2.65. The topological polar surface area (TPSA) is 54.0 Å². The van der Waals surface area contributed by atoms with Crippen molar-refractivity contribution in [1.82, 2.24) is 0 Å². The molecule has 0 saturated heterocycles. The van der Waals surface area contributed by atoms with Gasteiger partial charge in [0.15, 0.2) is 0 Å². The van der Waals surface area contributed by atoms with Gasteiger partial charge in [0.25, 0.3) is 8.32 Å². The second kappa shape index (κ2) is 12.3. The molecule has 0 heterocycles. The Balaban J connectivity index is 1.59. The summed E-state index contributed by atoms with van der Waals surface area (Å²) < 4.78 is 23.5. The van der Waals surface area contributed by atoms with Gasteiger partial charge in [-0.25, -0.2) is 4.79 Å². The molecule has 0 radical (unpaired) electrons. The van der Waals surface area contributed by atoms with E-state index >= 15 is 0 Å². The number of carbonyl (C=O) groups is 1. The van der Waals surface area contributed by atoms with Crippen LogP contribution in [0.1, 0.15) is 42.3 Å². The van der Waals surface area contributed by atoms with Gasteiger partial charge in [-0.3, -0.25) is 0 Å². The molecule has 4 aromatic rings. The molecule has 5 nitrogen and oxygen atoms in total. The molecule has 4 rings (SSSR count). The molecule has 0 fully saturated rings. The molecule has 6 heteroatoms. The zero-order chi connectivity index (χ0) is 27.9. The molecule has 0 aliphatic carbocycles. The predicted octanol–water partition coefficient (Wildman–Crippen LogP) is 6.14. The van der Waals surface area contributed by atoms with Crippen LogP contribution in [0.15, 0.2) is 103 Å². The summed E-state index contributed by atoms with van der Waals surface area (Å²) in [5.74, 6) is 0.958. The van der Waals surface area contributed by atoms with Crippen molar-refractivity contribution < 1.29 is 23.4 Å². The van der Waals surface area contributed by atoms with Crippen LogP contribution >= 0.6 is 0 Å². The van der Waals surface area contributed by atoms with Crippen molar-refractivity contribution in [3.63, 3.8) is 0 Å². The smallest absolute Gasteiger partial charge is 0.337 e. The van der Waals surface area contributed by atoms with Crippen molar-refractivity contribution in [1.29, 1.82) is 0 Å². The number of benzene rings is 4. The third-order valence-corrected chi connectivity index (χ3v) is 11.8. The highest BCUT2D eigenvalue weighted by molar-refractivity contribution is 6.99. The van der Waals surface area contributed by atoms with E-state index in [1.165, 1.54) is 17.5 Å². The zero-order valence-electron chi connectivity index (χ0n) is 23.3. The summed E-state index contributed by atoms with van der Waals surface area (Å²) in [4.78, 5) is 12.0. The summed E-state index contributed by atoms with van der Waals surface area (Å²) in [6.07, 6.45) is 0. The molecule has 0 amide bonds. The van der Waals surface area contributed by atoms with E-state index in [1.807, 2.05) is 30.3 Å². The lowest BCUT2D eigenvalue weighted by molar-refractivity contribution is 0.0600. The second-order valence-electron chi connectivity index (χ2n) is 10.4. The van der Waals surface area contributed by atoms with Crippen LogP contribution in [0.5, 0.6) is 11.5 Å². The van der Waals surface area contributed by atoms with Crippen molar-refractivity contribution in [2.75, 3.05) is 14.2 Å². The quantitative estimate of drug-likeness (QED) is 0.179. The highest BCUT2D eigenvalue weighted by Crippen LogP contribution is 2.37. The Hall–Kier alpha value is -3.87. The lowest BCUT2D eigenvalue weighted by Gasteiger charge is -2.43. The van der Waals surface area contributed by atoms with E-state index in [1.54, 1.807) is 25.3 Å². The van der Waals surface area contributed by atoms with E-state index in [0.29, 0.717) is 23.7 Å². The normalized spacial score (nSPS) is 11.6. The zero-order valence-corrected chi connectivity index (χ0v) is 24.3. The highest BCUT2D eigenvalue weighted by Gasteiger charge is 2.50. The largest absolute Gasteiger partial charge is 0.496 e. The molecule has 0 aromatic heterocycles. The second-order valence-corrected chi connectivity index (χ2v) is 14.7. The summed E-state index contributed by atoms with van der Waals surface area (Å²) >= 11 is 0. The van der Waals surface area contributed by atoms with Gasteiger partial charge in [-0.1, -0.05) is 93.6 Å². The van der Waals surface area contributed by atoms with Crippen LogP contribution < -0.4 is 19.8 Å². The maximum absolute atomic E-state index is 12.0. The van der Waals surface area contributed by atoms with Gasteiger partial charge in [0, 0.05) is 5.56 Å². The van der Waals surface area contributed by atoms with E-state index in [4.69, 9.17) is 18.6 Å². The Labute approximate surface area is 232 Å². The van der Waals surface area contributed by atoms with Crippen LogP contribution in [0, 0.1) is 0 Å². The van der Waals surface area contributed by atoms with E-state index in [-0.39, 0.29) is 11.6 Å². The van der Waals surface area contributed by atoms with Gasteiger partial charge in [-0.05, 0) is 51.3 Å². The molecule has 0 atom stereocenters. The summed E-state index contributed by atoms with van der Waals surface area (Å²) in [6, 6.07) is 34.4. The van der Waals surface area contributed by atoms with Gasteiger partial charge in [0.05, 0.1) is 26.4 Å². The first-order valence-electron chi connectivity index (χ1n) is 13.0. The number of hydrogen-bond donors (Lipinski definition) is 0. The van der Waals surface area contributed by atoms with Crippen molar-refractivity contribution in [3.05, 3.63) is 120 Å². The fourth-order valence-corrected chi connectivity index (χ4v) is 9.51. The number of carbonyl (C=O) groups excluding carboxylic acids is 1. The van der Waals surface area contributed by atoms with Crippen molar-refractivity contribution in [3.8, 4) is 11.5 Å². The molecule has 0 unspecified atom stereocenters. The molecule has 202 valence electrons. The lowest BCUT2D eigenvalue weighted by atomic mass is 10.1. The van der Waals surface area contributed by atoms with Gasteiger partial charge in [-0.15, -0.1) is 0 Å². The maximum Gasteiger partial charge on any atom is 0.337 e. The summed E-state index contributed by atoms with van der Waals surface area (Å²) in [6.45, 7) is 7.51. The van der Waals surface area contributed by atoms with Gasteiger partial charge < -0.3 is 18.6 Å². The molecule has 4 aromatic carbocycles. The van der Waals surface area contributed by atoms with Crippen molar-refractivity contribution in [2.24, 2.45) is 0 Å². The van der Waals surface area contributed by atoms with E-state index < -0.39 is 14.3 Å². The van der Waals surface area contributed by atoms with Crippen LogP contribution in [-0.4, -0.2) is 28.5 Å². The van der Waals surface area contributed by atoms with Gasteiger partial charge >= 0.3 is 5.97 Å². The van der Waals surface area contributed by atoms with Crippen LogP contribution in [0.4, 0.5) is 0 Å². The number of rotatable bonds is 10. The highest BCUT2D eigenvalue weighted by atomic mass is 28.4. The summed E-state index contributed by atoms with van der Waals surface area (Å²) in [5, 5.41) is 2.38. The van der Waals surface area contributed by atoms with Crippen LogP contribution in [0.2, 0.25) is 5.04 Å². The summed E-state index contributed by atoms with van der Waals surface area (Å²) in [5.41, 5.74) is 2.23. The van der Waals surface area contributed by atoms with Crippen molar-refractivity contribution in [2.45, 2.75) is 39.0 Å². The molecule has 39 heavy (non-hydrogen) atoms. The average Bonchev–Trinajstić information content (AvgIpc) is 2.96. The van der Waals surface area contributed by atoms with Crippen LogP contribution in [0.3, 0.4) is 0 Å².